The Labute approximate surface area is 111 Å². The van der Waals surface area contributed by atoms with Crippen LogP contribution in [0.4, 0.5) is 4.79 Å². The van der Waals surface area contributed by atoms with Crippen LogP contribution in [0.2, 0.25) is 0 Å². The molecule has 0 spiro atoms. The molecule has 0 unspecified atom stereocenters. The first-order valence-electron chi connectivity index (χ1n) is 6.43. The Kier molecular flexibility index (Phi) is 4.09. The number of aryl methyl sites for hydroxylation is 1. The number of primary amides is 1. The molecule has 0 bridgehead atoms. The van der Waals surface area contributed by atoms with Crippen molar-refractivity contribution >= 4 is 12.0 Å². The van der Waals surface area contributed by atoms with E-state index in [1.165, 1.54) is 4.90 Å². The summed E-state index contributed by atoms with van der Waals surface area (Å²) in [7, 11) is 0. The van der Waals surface area contributed by atoms with Gasteiger partial charge in [0.25, 0.3) is 0 Å². The van der Waals surface area contributed by atoms with Crippen molar-refractivity contribution in [2.75, 3.05) is 13.2 Å². The van der Waals surface area contributed by atoms with Gasteiger partial charge in [0, 0.05) is 13.0 Å². The van der Waals surface area contributed by atoms with Crippen LogP contribution in [-0.2, 0) is 11.2 Å². The third-order valence-corrected chi connectivity index (χ3v) is 3.28. The number of carbonyl (C=O) groups excluding carboxylic acids is 2. The van der Waals surface area contributed by atoms with Gasteiger partial charge in [-0.05, 0) is 25.0 Å². The number of nitrogens with two attached hydrogens (primary N) is 1. The van der Waals surface area contributed by atoms with E-state index >= 15 is 0 Å². The minimum absolute atomic E-state index is 0.123. The predicted molar refractivity (Wildman–Crippen MR) is 67.7 cm³/mol. The van der Waals surface area contributed by atoms with Crippen LogP contribution in [0.25, 0.3) is 0 Å². The van der Waals surface area contributed by atoms with Crippen molar-refractivity contribution in [3.05, 3.63) is 23.7 Å². The summed E-state index contributed by atoms with van der Waals surface area (Å²) in [5.74, 6) is 0.433. The second-order valence-corrected chi connectivity index (χ2v) is 4.55. The summed E-state index contributed by atoms with van der Waals surface area (Å²) in [6.45, 7) is 2.72. The Morgan fingerprint density at radius 2 is 2.32 bits per heavy atom. The van der Waals surface area contributed by atoms with Gasteiger partial charge in [0.1, 0.15) is 12.4 Å². The molecule has 19 heavy (non-hydrogen) atoms. The van der Waals surface area contributed by atoms with E-state index in [0.29, 0.717) is 6.54 Å². The number of rotatable bonds is 4. The average molecular weight is 266 g/mol. The zero-order valence-electron chi connectivity index (χ0n) is 10.9. The van der Waals surface area contributed by atoms with Crippen molar-refractivity contribution in [1.29, 1.82) is 0 Å². The summed E-state index contributed by atoms with van der Waals surface area (Å²) in [5.41, 5.74) is 5.25. The molecule has 1 aliphatic rings. The molecule has 1 saturated heterocycles. The minimum Gasteiger partial charge on any atom is -0.458 e. The lowest BCUT2D eigenvalue weighted by Crippen LogP contribution is -2.41. The molecule has 0 saturated carbocycles. The molecular formula is C13H18N2O4. The Morgan fingerprint density at radius 1 is 1.53 bits per heavy atom. The van der Waals surface area contributed by atoms with Crippen LogP contribution >= 0.6 is 0 Å². The van der Waals surface area contributed by atoms with Crippen LogP contribution in [0, 0.1) is 0 Å². The standard InChI is InChI=1S/C13H18N2O4/c1-2-10-5-6-11(19-10)12(16)18-8-9-4-3-7-15(9)13(14)17/h5-6,9H,2-4,7-8H2,1H3,(H2,14,17)/t9-/m0/s1. The predicted octanol–water partition coefficient (Wildman–Crippen LogP) is 1.54. The van der Waals surface area contributed by atoms with E-state index < -0.39 is 12.0 Å². The number of esters is 1. The maximum atomic E-state index is 11.8. The number of carbonyl (C=O) groups is 2. The van der Waals surface area contributed by atoms with Gasteiger partial charge in [-0.3, -0.25) is 0 Å². The van der Waals surface area contributed by atoms with Crippen molar-refractivity contribution < 1.29 is 18.7 Å². The zero-order chi connectivity index (χ0) is 13.8. The van der Waals surface area contributed by atoms with E-state index in [9.17, 15) is 9.59 Å². The largest absolute Gasteiger partial charge is 0.458 e. The van der Waals surface area contributed by atoms with Gasteiger partial charge in [0.2, 0.25) is 5.76 Å². The van der Waals surface area contributed by atoms with Crippen LogP contribution in [0.5, 0.6) is 0 Å². The highest BCUT2D eigenvalue weighted by Crippen LogP contribution is 2.18. The van der Waals surface area contributed by atoms with E-state index in [1.54, 1.807) is 12.1 Å². The van der Waals surface area contributed by atoms with E-state index in [2.05, 4.69) is 0 Å². The van der Waals surface area contributed by atoms with Gasteiger partial charge in [-0.15, -0.1) is 0 Å². The zero-order valence-corrected chi connectivity index (χ0v) is 10.9. The summed E-state index contributed by atoms with van der Waals surface area (Å²) >= 11 is 0. The first-order chi connectivity index (χ1) is 9.11. The molecular weight excluding hydrogens is 248 g/mol. The lowest BCUT2D eigenvalue weighted by Gasteiger charge is -2.21. The molecule has 0 aliphatic carbocycles. The molecule has 1 aromatic heterocycles. The first kappa shape index (κ1) is 13.5. The fourth-order valence-electron chi connectivity index (χ4n) is 2.22. The Morgan fingerprint density at radius 3 is 2.95 bits per heavy atom. The Bertz CT molecular complexity index is 469. The molecule has 1 aromatic rings. The van der Waals surface area contributed by atoms with Gasteiger partial charge in [-0.1, -0.05) is 6.92 Å². The van der Waals surface area contributed by atoms with Gasteiger partial charge in [-0.2, -0.15) is 0 Å². The molecule has 2 rings (SSSR count). The van der Waals surface area contributed by atoms with Crippen LogP contribution in [0.1, 0.15) is 36.1 Å². The van der Waals surface area contributed by atoms with Crippen LogP contribution < -0.4 is 5.73 Å². The van der Waals surface area contributed by atoms with Gasteiger partial charge in [0.15, 0.2) is 0 Å². The maximum absolute atomic E-state index is 11.8. The van der Waals surface area contributed by atoms with Gasteiger partial charge in [0.05, 0.1) is 6.04 Å². The Hall–Kier alpha value is -1.98. The highest BCUT2D eigenvalue weighted by molar-refractivity contribution is 5.86. The normalized spacial score (nSPS) is 18.6. The van der Waals surface area contributed by atoms with Crippen LogP contribution in [0.15, 0.2) is 16.5 Å². The van der Waals surface area contributed by atoms with E-state index in [-0.39, 0.29) is 18.4 Å². The summed E-state index contributed by atoms with van der Waals surface area (Å²) in [6.07, 6.45) is 2.41. The van der Waals surface area contributed by atoms with Crippen molar-refractivity contribution in [2.24, 2.45) is 5.73 Å². The monoisotopic (exact) mass is 266 g/mol. The number of ether oxygens (including phenoxy) is 1. The number of hydrogen-bond acceptors (Lipinski definition) is 4. The summed E-state index contributed by atoms with van der Waals surface area (Å²) in [4.78, 5) is 24.4. The molecule has 0 aromatic carbocycles. The lowest BCUT2D eigenvalue weighted by atomic mass is 10.2. The van der Waals surface area contributed by atoms with Crippen LogP contribution in [0.3, 0.4) is 0 Å². The number of nitrogens with zero attached hydrogens (tertiary/aromatic N) is 1. The first-order valence-corrected chi connectivity index (χ1v) is 6.43. The number of hydrogen-bond donors (Lipinski definition) is 1. The molecule has 6 heteroatoms. The molecule has 0 radical (unpaired) electrons. The third kappa shape index (κ3) is 3.07. The minimum atomic E-state index is -0.504. The fraction of sp³-hybridized carbons (Fsp3) is 0.538. The van der Waals surface area contributed by atoms with E-state index in [0.717, 1.165) is 25.0 Å². The number of urea groups is 1. The molecule has 2 N–H and O–H groups in total. The third-order valence-electron chi connectivity index (χ3n) is 3.28. The summed E-state index contributed by atoms with van der Waals surface area (Å²) in [6, 6.07) is 2.76. The smallest absolute Gasteiger partial charge is 0.374 e. The second-order valence-electron chi connectivity index (χ2n) is 4.55. The molecule has 1 atom stereocenters. The lowest BCUT2D eigenvalue weighted by molar-refractivity contribution is 0.0385. The molecule has 6 nitrogen and oxygen atoms in total. The van der Waals surface area contributed by atoms with Gasteiger partial charge >= 0.3 is 12.0 Å². The topological polar surface area (TPSA) is 85.8 Å². The van der Waals surface area contributed by atoms with Crippen LogP contribution in [-0.4, -0.2) is 36.1 Å². The van der Waals surface area contributed by atoms with Crippen molar-refractivity contribution in [1.82, 2.24) is 4.90 Å². The molecule has 2 heterocycles. The number of amides is 2. The maximum Gasteiger partial charge on any atom is 0.374 e. The highest BCUT2D eigenvalue weighted by atomic mass is 16.5. The number of likely N-dealkylation sites (tertiary alicyclic amines) is 1. The van der Waals surface area contributed by atoms with Gasteiger partial charge in [-0.25, -0.2) is 9.59 Å². The molecule has 1 fully saturated rings. The Balaban J connectivity index is 1.88. The summed E-state index contributed by atoms with van der Waals surface area (Å²) < 4.78 is 10.5. The van der Waals surface area contributed by atoms with Crippen molar-refractivity contribution in [2.45, 2.75) is 32.2 Å². The molecule has 1 aliphatic heterocycles. The van der Waals surface area contributed by atoms with Crippen molar-refractivity contribution in [3.63, 3.8) is 0 Å². The molecule has 104 valence electrons. The van der Waals surface area contributed by atoms with Crippen molar-refractivity contribution in [3.8, 4) is 0 Å². The molecule has 2 amide bonds. The highest BCUT2D eigenvalue weighted by Gasteiger charge is 2.28. The average Bonchev–Trinajstić information content (AvgIpc) is 3.04. The summed E-state index contributed by atoms with van der Waals surface area (Å²) in [5, 5.41) is 0. The fourth-order valence-corrected chi connectivity index (χ4v) is 2.22. The second kappa shape index (κ2) is 5.77. The van der Waals surface area contributed by atoms with Gasteiger partial charge < -0.3 is 19.8 Å². The number of furan rings is 1. The quantitative estimate of drug-likeness (QED) is 0.837. The van der Waals surface area contributed by atoms with E-state index in [1.807, 2.05) is 6.92 Å². The van der Waals surface area contributed by atoms with E-state index in [4.69, 9.17) is 14.9 Å². The SMILES string of the molecule is CCc1ccc(C(=O)OC[C@@H]2CCCN2C(N)=O)o1.